The average Bonchev–Trinajstić information content (AvgIpc) is 2.41. The molecule has 1 aliphatic rings. The standard InChI is InChI=1S/C12H10ClNO4/c1-14-8-4-7(12(17)9(15)5-13)2-3-10(8)18-6-11(14)16/h2-4H,5-6H2,1H3. The molecule has 94 valence electrons. The van der Waals surface area contributed by atoms with Gasteiger partial charge in [0, 0.05) is 12.6 Å². The van der Waals surface area contributed by atoms with Gasteiger partial charge in [0.05, 0.1) is 11.6 Å². The number of nitrogens with zero attached hydrogens (tertiary/aromatic N) is 1. The van der Waals surface area contributed by atoms with Crippen LogP contribution in [-0.2, 0) is 9.59 Å². The molecule has 1 aliphatic heterocycles. The van der Waals surface area contributed by atoms with Crippen LogP contribution in [0.5, 0.6) is 5.75 Å². The predicted molar refractivity (Wildman–Crippen MR) is 65.4 cm³/mol. The van der Waals surface area contributed by atoms with E-state index in [2.05, 4.69) is 0 Å². The van der Waals surface area contributed by atoms with Crippen LogP contribution in [0.4, 0.5) is 5.69 Å². The predicted octanol–water partition coefficient (Wildman–Crippen LogP) is 1.03. The monoisotopic (exact) mass is 267 g/mol. The van der Waals surface area contributed by atoms with E-state index in [0.29, 0.717) is 11.4 Å². The molecule has 5 nitrogen and oxygen atoms in total. The minimum atomic E-state index is -0.678. The van der Waals surface area contributed by atoms with Crippen molar-refractivity contribution in [1.29, 1.82) is 0 Å². The molecule has 1 amide bonds. The minimum Gasteiger partial charge on any atom is -0.482 e. The number of hydrogen-bond acceptors (Lipinski definition) is 4. The van der Waals surface area contributed by atoms with Crippen molar-refractivity contribution in [2.24, 2.45) is 0 Å². The number of likely N-dealkylation sites (N-methyl/N-ethyl adjacent to an activating group) is 1. The van der Waals surface area contributed by atoms with Crippen LogP contribution in [-0.4, -0.2) is 37.0 Å². The molecule has 0 aromatic heterocycles. The summed E-state index contributed by atoms with van der Waals surface area (Å²) in [5.41, 5.74) is 0.670. The number of benzene rings is 1. The molecule has 1 aromatic rings. The normalized spacial score (nSPS) is 13.9. The third-order valence-electron chi connectivity index (χ3n) is 2.68. The van der Waals surface area contributed by atoms with Gasteiger partial charge < -0.3 is 9.64 Å². The maximum atomic E-state index is 11.7. The number of hydrogen-bond donors (Lipinski definition) is 0. The highest BCUT2D eigenvalue weighted by Crippen LogP contribution is 2.32. The second kappa shape index (κ2) is 4.78. The molecule has 0 unspecified atom stereocenters. The Kier molecular flexibility index (Phi) is 3.34. The van der Waals surface area contributed by atoms with Gasteiger partial charge in [-0.15, -0.1) is 11.6 Å². The lowest BCUT2D eigenvalue weighted by Crippen LogP contribution is -2.35. The van der Waals surface area contributed by atoms with Crippen LogP contribution in [0.2, 0.25) is 0 Å². The lowest BCUT2D eigenvalue weighted by Gasteiger charge is -2.26. The maximum absolute atomic E-state index is 11.7. The number of Topliss-reactive ketones (excluding diaryl/α,β-unsaturated/α-hetero) is 2. The van der Waals surface area contributed by atoms with E-state index >= 15 is 0 Å². The van der Waals surface area contributed by atoms with Crippen molar-refractivity contribution in [3.05, 3.63) is 23.8 Å². The van der Waals surface area contributed by atoms with E-state index < -0.39 is 11.6 Å². The molecular weight excluding hydrogens is 258 g/mol. The van der Waals surface area contributed by atoms with E-state index in [4.69, 9.17) is 16.3 Å². The fourth-order valence-corrected chi connectivity index (χ4v) is 1.76. The SMILES string of the molecule is CN1C(=O)COc2ccc(C(=O)C(=O)CCl)cc21. The fourth-order valence-electron chi connectivity index (χ4n) is 1.64. The quantitative estimate of drug-likeness (QED) is 0.466. The van der Waals surface area contributed by atoms with Gasteiger partial charge in [-0.3, -0.25) is 14.4 Å². The number of rotatable bonds is 3. The number of ketones is 2. The number of anilines is 1. The highest BCUT2D eigenvalue weighted by atomic mass is 35.5. The lowest BCUT2D eigenvalue weighted by molar-refractivity contribution is -0.121. The van der Waals surface area contributed by atoms with Gasteiger partial charge in [-0.1, -0.05) is 0 Å². The number of fused-ring (bicyclic) bond motifs is 1. The summed E-state index contributed by atoms with van der Waals surface area (Å²) in [5.74, 6) is -1.41. The summed E-state index contributed by atoms with van der Waals surface area (Å²) in [6.45, 7) is -0.0304. The van der Waals surface area contributed by atoms with Crippen molar-refractivity contribution in [2.45, 2.75) is 0 Å². The summed E-state index contributed by atoms with van der Waals surface area (Å²) in [7, 11) is 1.58. The summed E-state index contributed by atoms with van der Waals surface area (Å²) in [6, 6.07) is 4.50. The molecular formula is C12H10ClNO4. The number of amides is 1. The van der Waals surface area contributed by atoms with Crippen molar-refractivity contribution in [3.63, 3.8) is 0 Å². The molecule has 0 atom stereocenters. The van der Waals surface area contributed by atoms with Crippen molar-refractivity contribution in [1.82, 2.24) is 0 Å². The molecule has 0 fully saturated rings. The Morgan fingerprint density at radius 2 is 2.17 bits per heavy atom. The van der Waals surface area contributed by atoms with Gasteiger partial charge in [0.15, 0.2) is 6.61 Å². The summed E-state index contributed by atoms with van der Waals surface area (Å²) in [6.07, 6.45) is 0. The van der Waals surface area contributed by atoms with Gasteiger partial charge in [0.25, 0.3) is 5.91 Å². The largest absolute Gasteiger partial charge is 0.482 e. The van der Waals surface area contributed by atoms with Crippen LogP contribution in [0, 0.1) is 0 Å². The Hall–Kier alpha value is -1.88. The van der Waals surface area contributed by atoms with E-state index in [1.54, 1.807) is 13.1 Å². The third kappa shape index (κ3) is 2.09. The minimum absolute atomic E-state index is 0.0304. The Morgan fingerprint density at radius 1 is 1.44 bits per heavy atom. The third-order valence-corrected chi connectivity index (χ3v) is 2.93. The Morgan fingerprint density at radius 3 is 2.83 bits per heavy atom. The van der Waals surface area contributed by atoms with Gasteiger partial charge in [0.2, 0.25) is 11.6 Å². The zero-order valence-corrected chi connectivity index (χ0v) is 10.4. The number of alkyl halides is 1. The second-order valence-electron chi connectivity index (χ2n) is 3.81. The van der Waals surface area contributed by atoms with Gasteiger partial charge >= 0.3 is 0 Å². The highest BCUT2D eigenvalue weighted by Gasteiger charge is 2.24. The number of carbonyl (C=O) groups is 3. The van der Waals surface area contributed by atoms with Crippen LogP contribution in [0.15, 0.2) is 18.2 Å². The molecule has 6 heteroatoms. The van der Waals surface area contributed by atoms with Gasteiger partial charge in [-0.2, -0.15) is 0 Å². The lowest BCUT2D eigenvalue weighted by atomic mass is 10.1. The molecule has 0 saturated heterocycles. The molecule has 0 bridgehead atoms. The summed E-state index contributed by atoms with van der Waals surface area (Å²) < 4.78 is 5.21. The number of halogens is 1. The number of carbonyl (C=O) groups excluding carboxylic acids is 3. The summed E-state index contributed by atoms with van der Waals surface area (Å²) in [5, 5.41) is 0. The van der Waals surface area contributed by atoms with E-state index in [1.165, 1.54) is 17.0 Å². The molecule has 18 heavy (non-hydrogen) atoms. The average molecular weight is 268 g/mol. The van der Waals surface area contributed by atoms with E-state index in [0.717, 1.165) is 0 Å². The molecule has 0 saturated carbocycles. The van der Waals surface area contributed by atoms with E-state index in [9.17, 15) is 14.4 Å². The van der Waals surface area contributed by atoms with Gasteiger partial charge in [-0.25, -0.2) is 0 Å². The van der Waals surface area contributed by atoms with Crippen LogP contribution in [0.25, 0.3) is 0 Å². The Labute approximate surface area is 108 Å². The first kappa shape index (κ1) is 12.6. The van der Waals surface area contributed by atoms with Crippen LogP contribution in [0.3, 0.4) is 0 Å². The molecule has 0 aliphatic carbocycles. The van der Waals surface area contributed by atoms with Gasteiger partial charge in [-0.05, 0) is 18.2 Å². The highest BCUT2D eigenvalue weighted by molar-refractivity contribution is 6.51. The summed E-state index contributed by atoms with van der Waals surface area (Å²) in [4.78, 5) is 35.7. The van der Waals surface area contributed by atoms with E-state index in [-0.39, 0.29) is 24.0 Å². The second-order valence-corrected chi connectivity index (χ2v) is 4.08. The molecule has 0 radical (unpaired) electrons. The summed E-state index contributed by atoms with van der Waals surface area (Å²) >= 11 is 5.33. The smallest absolute Gasteiger partial charge is 0.264 e. The number of ether oxygens (including phenoxy) is 1. The first-order valence-corrected chi connectivity index (χ1v) is 5.75. The zero-order valence-electron chi connectivity index (χ0n) is 9.60. The van der Waals surface area contributed by atoms with Crippen LogP contribution < -0.4 is 9.64 Å². The van der Waals surface area contributed by atoms with Crippen LogP contribution >= 0.6 is 11.6 Å². The van der Waals surface area contributed by atoms with E-state index in [1.807, 2.05) is 0 Å². The fraction of sp³-hybridized carbons (Fsp3) is 0.250. The molecule has 1 aromatic carbocycles. The maximum Gasteiger partial charge on any atom is 0.264 e. The van der Waals surface area contributed by atoms with Crippen LogP contribution in [0.1, 0.15) is 10.4 Å². The molecule has 0 N–H and O–H groups in total. The molecule has 2 rings (SSSR count). The zero-order chi connectivity index (χ0) is 13.3. The molecule has 0 spiro atoms. The first-order valence-electron chi connectivity index (χ1n) is 5.21. The Balaban J connectivity index is 2.40. The molecule has 1 heterocycles. The van der Waals surface area contributed by atoms with Crippen molar-refractivity contribution < 1.29 is 19.1 Å². The van der Waals surface area contributed by atoms with Gasteiger partial charge in [0.1, 0.15) is 5.75 Å². The topological polar surface area (TPSA) is 63.7 Å². The van der Waals surface area contributed by atoms with Crippen molar-refractivity contribution >= 4 is 34.8 Å². The Bertz CT molecular complexity index is 541. The van der Waals surface area contributed by atoms with Crippen molar-refractivity contribution in [2.75, 3.05) is 24.4 Å². The first-order chi connectivity index (χ1) is 8.54. The van der Waals surface area contributed by atoms with Crippen molar-refractivity contribution in [3.8, 4) is 5.75 Å².